The highest BCUT2D eigenvalue weighted by atomic mass is 16.5. The summed E-state index contributed by atoms with van der Waals surface area (Å²) in [5.41, 5.74) is 0. The van der Waals surface area contributed by atoms with Crippen LogP contribution in [0, 0.1) is 0 Å². The largest absolute Gasteiger partial charge is 0.494 e. The van der Waals surface area contributed by atoms with E-state index in [1.54, 1.807) is 4.90 Å². The normalized spacial score (nSPS) is 10.5. The van der Waals surface area contributed by atoms with Crippen LogP contribution in [0.4, 0.5) is 0 Å². The van der Waals surface area contributed by atoms with Crippen molar-refractivity contribution < 1.29 is 9.53 Å². The van der Waals surface area contributed by atoms with Crippen molar-refractivity contribution in [2.45, 2.75) is 26.3 Å². The average molecular weight is 264 g/mol. The van der Waals surface area contributed by atoms with Gasteiger partial charge in [-0.15, -0.1) is 0 Å². The number of ether oxygens (including phenoxy) is 1. The molecule has 106 valence electrons. The number of carbonyl (C=O) groups excluding carboxylic acids is 1. The Hall–Kier alpha value is -1.55. The minimum absolute atomic E-state index is 0.119. The molecule has 0 saturated heterocycles. The van der Waals surface area contributed by atoms with Crippen LogP contribution in [0.2, 0.25) is 0 Å². The van der Waals surface area contributed by atoms with E-state index in [1.165, 1.54) is 0 Å². The predicted molar refractivity (Wildman–Crippen MR) is 77.3 cm³/mol. The van der Waals surface area contributed by atoms with E-state index >= 15 is 0 Å². The zero-order valence-corrected chi connectivity index (χ0v) is 12.1. The summed E-state index contributed by atoms with van der Waals surface area (Å²) < 4.78 is 5.58. The maximum atomic E-state index is 11.7. The van der Waals surface area contributed by atoms with E-state index in [0.29, 0.717) is 25.7 Å². The number of benzene rings is 1. The highest BCUT2D eigenvalue weighted by Crippen LogP contribution is 2.08. The minimum Gasteiger partial charge on any atom is -0.494 e. The Morgan fingerprint density at radius 1 is 1.32 bits per heavy atom. The fourth-order valence-corrected chi connectivity index (χ4v) is 1.56. The van der Waals surface area contributed by atoms with Crippen LogP contribution >= 0.6 is 0 Å². The van der Waals surface area contributed by atoms with Crippen molar-refractivity contribution in [3.05, 3.63) is 30.3 Å². The van der Waals surface area contributed by atoms with Crippen LogP contribution in [0.25, 0.3) is 0 Å². The van der Waals surface area contributed by atoms with Gasteiger partial charge in [0.05, 0.1) is 13.2 Å². The molecule has 0 aliphatic carbocycles. The molecule has 0 saturated carbocycles. The highest BCUT2D eigenvalue weighted by molar-refractivity contribution is 5.77. The molecule has 4 heteroatoms. The van der Waals surface area contributed by atoms with Crippen molar-refractivity contribution in [3.63, 3.8) is 0 Å². The molecule has 0 unspecified atom stereocenters. The number of amides is 1. The fourth-order valence-electron chi connectivity index (χ4n) is 1.56. The van der Waals surface area contributed by atoms with Crippen LogP contribution in [-0.4, -0.2) is 43.6 Å². The summed E-state index contributed by atoms with van der Waals surface area (Å²) >= 11 is 0. The number of para-hydroxylation sites is 1. The maximum absolute atomic E-state index is 11.7. The second-order valence-corrected chi connectivity index (χ2v) is 4.87. The van der Waals surface area contributed by atoms with Crippen molar-refractivity contribution in [2.24, 2.45) is 0 Å². The van der Waals surface area contributed by atoms with Crippen molar-refractivity contribution in [1.82, 2.24) is 10.2 Å². The van der Waals surface area contributed by atoms with Gasteiger partial charge in [0.1, 0.15) is 5.75 Å². The molecule has 1 aromatic rings. The third-order valence-electron chi connectivity index (χ3n) is 2.74. The lowest BCUT2D eigenvalue weighted by Gasteiger charge is -2.18. The van der Waals surface area contributed by atoms with E-state index in [1.807, 2.05) is 51.2 Å². The van der Waals surface area contributed by atoms with Gasteiger partial charge in [-0.2, -0.15) is 0 Å². The molecule has 0 spiro atoms. The van der Waals surface area contributed by atoms with Crippen LogP contribution in [0.1, 0.15) is 20.3 Å². The summed E-state index contributed by atoms with van der Waals surface area (Å²) in [6, 6.07) is 10.0. The third kappa shape index (κ3) is 6.82. The van der Waals surface area contributed by atoms with E-state index < -0.39 is 0 Å². The number of nitrogens with zero attached hydrogens (tertiary/aromatic N) is 1. The summed E-state index contributed by atoms with van der Waals surface area (Å²) in [5, 5.41) is 3.12. The third-order valence-corrected chi connectivity index (χ3v) is 2.74. The number of carbonyl (C=O) groups is 1. The van der Waals surface area contributed by atoms with Crippen LogP contribution < -0.4 is 10.1 Å². The second-order valence-electron chi connectivity index (χ2n) is 4.87. The van der Waals surface area contributed by atoms with E-state index in [0.717, 1.165) is 12.2 Å². The monoisotopic (exact) mass is 264 g/mol. The van der Waals surface area contributed by atoms with Gasteiger partial charge in [-0.25, -0.2) is 0 Å². The first-order valence-electron chi connectivity index (χ1n) is 6.75. The molecule has 0 bridgehead atoms. The molecule has 0 radical (unpaired) electrons. The average Bonchev–Trinajstić information content (AvgIpc) is 2.41. The molecule has 1 N–H and O–H groups in total. The van der Waals surface area contributed by atoms with E-state index in [9.17, 15) is 4.79 Å². The zero-order chi connectivity index (χ0) is 14.1. The molecule has 1 amide bonds. The summed E-state index contributed by atoms with van der Waals surface area (Å²) in [6.45, 7) is 5.79. The van der Waals surface area contributed by atoms with Crippen molar-refractivity contribution >= 4 is 5.91 Å². The van der Waals surface area contributed by atoms with E-state index in [2.05, 4.69) is 5.32 Å². The van der Waals surface area contributed by atoms with Crippen LogP contribution in [0.5, 0.6) is 5.75 Å². The lowest BCUT2D eigenvalue weighted by atomic mass is 10.3. The molecular weight excluding hydrogens is 240 g/mol. The van der Waals surface area contributed by atoms with Gasteiger partial charge in [0.25, 0.3) is 0 Å². The smallest absolute Gasteiger partial charge is 0.236 e. The topological polar surface area (TPSA) is 41.6 Å². The lowest BCUT2D eigenvalue weighted by Crippen LogP contribution is -2.38. The Bertz CT molecular complexity index is 366. The Labute approximate surface area is 115 Å². The zero-order valence-electron chi connectivity index (χ0n) is 12.1. The molecule has 0 heterocycles. The summed E-state index contributed by atoms with van der Waals surface area (Å²) in [6.07, 6.45) is 0.832. The molecule has 0 aromatic heterocycles. The summed E-state index contributed by atoms with van der Waals surface area (Å²) in [7, 11) is 1.83. The Morgan fingerprint density at radius 2 is 2.00 bits per heavy atom. The van der Waals surface area contributed by atoms with Crippen molar-refractivity contribution in [1.29, 1.82) is 0 Å². The van der Waals surface area contributed by atoms with Crippen molar-refractivity contribution in [3.8, 4) is 5.75 Å². The number of nitrogens with one attached hydrogen (secondary N) is 1. The molecule has 0 aliphatic rings. The first-order chi connectivity index (χ1) is 9.09. The van der Waals surface area contributed by atoms with Crippen LogP contribution in [0.3, 0.4) is 0 Å². The van der Waals surface area contributed by atoms with Gasteiger partial charge in [0.2, 0.25) is 5.91 Å². The first-order valence-corrected chi connectivity index (χ1v) is 6.75. The molecular formula is C15H24N2O2. The summed E-state index contributed by atoms with van der Waals surface area (Å²) in [5.74, 6) is 0.992. The number of rotatable bonds is 8. The SMILES string of the molecule is CC(C)NCC(=O)N(C)CCCOc1ccccc1. The van der Waals surface area contributed by atoms with Gasteiger partial charge in [0, 0.05) is 19.6 Å². The minimum atomic E-state index is 0.119. The Kier molecular flexibility index (Phi) is 6.97. The standard InChI is InChI=1S/C15H24N2O2/c1-13(2)16-12-15(18)17(3)10-7-11-19-14-8-5-4-6-9-14/h4-6,8-9,13,16H,7,10-12H2,1-3H3. The quantitative estimate of drug-likeness (QED) is 0.729. The van der Waals surface area contributed by atoms with Crippen LogP contribution in [-0.2, 0) is 4.79 Å². The number of likely N-dealkylation sites (N-methyl/N-ethyl adjacent to an activating group) is 1. The van der Waals surface area contributed by atoms with Gasteiger partial charge in [-0.05, 0) is 18.6 Å². The molecule has 0 atom stereocenters. The predicted octanol–water partition coefficient (Wildman–Crippen LogP) is 1.91. The summed E-state index contributed by atoms with van der Waals surface area (Å²) in [4.78, 5) is 13.5. The highest BCUT2D eigenvalue weighted by Gasteiger charge is 2.08. The fraction of sp³-hybridized carbons (Fsp3) is 0.533. The molecule has 0 aliphatic heterocycles. The molecule has 19 heavy (non-hydrogen) atoms. The molecule has 4 nitrogen and oxygen atoms in total. The van der Waals surface area contributed by atoms with E-state index in [-0.39, 0.29) is 5.91 Å². The first kappa shape index (κ1) is 15.5. The van der Waals surface area contributed by atoms with Gasteiger partial charge in [-0.1, -0.05) is 32.0 Å². The van der Waals surface area contributed by atoms with E-state index in [4.69, 9.17) is 4.74 Å². The Balaban J connectivity index is 2.13. The molecule has 0 fully saturated rings. The number of hydrogen-bond donors (Lipinski definition) is 1. The lowest BCUT2D eigenvalue weighted by molar-refractivity contribution is -0.129. The Morgan fingerprint density at radius 3 is 2.63 bits per heavy atom. The van der Waals surface area contributed by atoms with Crippen LogP contribution in [0.15, 0.2) is 30.3 Å². The van der Waals surface area contributed by atoms with Gasteiger partial charge >= 0.3 is 0 Å². The molecule has 1 rings (SSSR count). The number of hydrogen-bond acceptors (Lipinski definition) is 3. The van der Waals surface area contributed by atoms with Crippen molar-refractivity contribution in [2.75, 3.05) is 26.7 Å². The molecule has 1 aromatic carbocycles. The van der Waals surface area contributed by atoms with Gasteiger partial charge in [0.15, 0.2) is 0 Å². The maximum Gasteiger partial charge on any atom is 0.236 e. The van der Waals surface area contributed by atoms with Gasteiger partial charge in [-0.3, -0.25) is 4.79 Å². The second kappa shape index (κ2) is 8.53. The van der Waals surface area contributed by atoms with Gasteiger partial charge < -0.3 is 15.0 Å².